The lowest BCUT2D eigenvalue weighted by Crippen LogP contribution is -2.30. The molecule has 0 aromatic heterocycles. The molecule has 1 aromatic carbocycles. The van der Waals surface area contributed by atoms with Crippen molar-refractivity contribution < 1.29 is 4.79 Å². The topological polar surface area (TPSA) is 46.3 Å². The highest BCUT2D eigenvalue weighted by molar-refractivity contribution is 5.94. The summed E-state index contributed by atoms with van der Waals surface area (Å²) in [7, 11) is 1.66. The summed E-state index contributed by atoms with van der Waals surface area (Å²) < 4.78 is 0. The molecule has 0 saturated carbocycles. The van der Waals surface area contributed by atoms with Gasteiger partial charge in [-0.3, -0.25) is 9.69 Å². The van der Waals surface area contributed by atoms with E-state index < -0.39 is 0 Å². The number of allylic oxidation sites excluding steroid dienone is 1. The predicted octanol–water partition coefficient (Wildman–Crippen LogP) is 1.58. The van der Waals surface area contributed by atoms with E-state index >= 15 is 0 Å². The predicted molar refractivity (Wildman–Crippen MR) is 56.5 cm³/mol. The third kappa shape index (κ3) is 2.13. The number of carbonyl (C=O) groups is 1. The van der Waals surface area contributed by atoms with E-state index in [0.29, 0.717) is 11.4 Å². The van der Waals surface area contributed by atoms with Crippen molar-refractivity contribution in [2.24, 2.45) is 5.73 Å². The van der Waals surface area contributed by atoms with E-state index in [1.54, 1.807) is 32.2 Å². The van der Waals surface area contributed by atoms with Gasteiger partial charge in [-0.1, -0.05) is 18.2 Å². The largest absolute Gasteiger partial charge is 0.385 e. The van der Waals surface area contributed by atoms with Crippen LogP contribution in [-0.2, 0) is 0 Å². The molecule has 0 aliphatic rings. The number of amides is 1. The van der Waals surface area contributed by atoms with Gasteiger partial charge in [0.15, 0.2) is 0 Å². The van der Waals surface area contributed by atoms with E-state index in [-0.39, 0.29) is 5.91 Å². The Labute approximate surface area is 83.8 Å². The Bertz CT molecular complexity index is 344. The highest BCUT2D eigenvalue weighted by Crippen LogP contribution is 2.05. The van der Waals surface area contributed by atoms with Gasteiger partial charge in [0.2, 0.25) is 0 Å². The minimum absolute atomic E-state index is 0.0961. The van der Waals surface area contributed by atoms with E-state index in [1.807, 2.05) is 18.2 Å². The van der Waals surface area contributed by atoms with E-state index in [1.165, 1.54) is 4.90 Å². The van der Waals surface area contributed by atoms with Gasteiger partial charge in [-0.15, -0.1) is 0 Å². The standard InChI is InChI=1S/C11H14N2O/c1-3-10(12)13(2)11(14)9-7-5-4-6-8-9/h3-8H,12H2,1-2H3. The number of nitrogens with zero attached hydrogens (tertiary/aromatic N) is 1. The Morgan fingerprint density at radius 3 is 2.43 bits per heavy atom. The second-order valence-electron chi connectivity index (χ2n) is 2.94. The molecule has 14 heavy (non-hydrogen) atoms. The molecular formula is C11H14N2O. The highest BCUT2D eigenvalue weighted by atomic mass is 16.2. The molecule has 2 N–H and O–H groups in total. The van der Waals surface area contributed by atoms with Crippen molar-refractivity contribution >= 4 is 5.91 Å². The van der Waals surface area contributed by atoms with Gasteiger partial charge >= 0.3 is 0 Å². The minimum atomic E-state index is -0.0961. The first-order valence-electron chi connectivity index (χ1n) is 4.41. The van der Waals surface area contributed by atoms with Crippen LogP contribution in [0.1, 0.15) is 17.3 Å². The van der Waals surface area contributed by atoms with E-state index in [2.05, 4.69) is 0 Å². The van der Waals surface area contributed by atoms with Crippen molar-refractivity contribution in [1.29, 1.82) is 0 Å². The lowest BCUT2D eigenvalue weighted by Gasteiger charge is -2.16. The zero-order valence-electron chi connectivity index (χ0n) is 8.40. The van der Waals surface area contributed by atoms with Crippen LogP contribution in [0, 0.1) is 0 Å². The normalized spacial score (nSPS) is 11.1. The number of nitrogens with two attached hydrogens (primary N) is 1. The van der Waals surface area contributed by atoms with E-state index in [0.717, 1.165) is 0 Å². The van der Waals surface area contributed by atoms with Crippen LogP contribution in [0.3, 0.4) is 0 Å². The summed E-state index contributed by atoms with van der Waals surface area (Å²) in [5.74, 6) is 0.361. The Hall–Kier alpha value is -1.77. The fraction of sp³-hybridized carbons (Fsp3) is 0.182. The molecule has 3 heteroatoms. The minimum Gasteiger partial charge on any atom is -0.385 e. The Morgan fingerprint density at radius 1 is 1.36 bits per heavy atom. The number of hydrogen-bond acceptors (Lipinski definition) is 2. The first-order chi connectivity index (χ1) is 6.66. The number of rotatable bonds is 2. The molecule has 3 nitrogen and oxygen atoms in total. The van der Waals surface area contributed by atoms with Gasteiger partial charge in [-0.25, -0.2) is 0 Å². The molecule has 0 saturated heterocycles. The quantitative estimate of drug-likeness (QED) is 0.769. The van der Waals surface area contributed by atoms with Crippen molar-refractivity contribution in [3.63, 3.8) is 0 Å². The Kier molecular flexibility index (Phi) is 3.29. The van der Waals surface area contributed by atoms with Crippen molar-refractivity contribution in [3.05, 3.63) is 47.8 Å². The molecule has 0 radical (unpaired) electrons. The summed E-state index contributed by atoms with van der Waals surface area (Å²) >= 11 is 0. The van der Waals surface area contributed by atoms with Crippen molar-refractivity contribution in [2.45, 2.75) is 6.92 Å². The van der Waals surface area contributed by atoms with Gasteiger partial charge in [0.05, 0.1) is 0 Å². The summed E-state index contributed by atoms with van der Waals surface area (Å²) in [5, 5.41) is 0. The first-order valence-corrected chi connectivity index (χ1v) is 4.41. The third-order valence-electron chi connectivity index (χ3n) is 2.01. The summed E-state index contributed by atoms with van der Waals surface area (Å²) in [6.07, 6.45) is 1.70. The summed E-state index contributed by atoms with van der Waals surface area (Å²) in [6, 6.07) is 9.05. The molecule has 0 spiro atoms. The molecule has 1 rings (SSSR count). The lowest BCUT2D eigenvalue weighted by molar-refractivity contribution is 0.0834. The molecule has 0 unspecified atom stereocenters. The number of hydrogen-bond donors (Lipinski definition) is 1. The zero-order valence-corrected chi connectivity index (χ0v) is 8.40. The monoisotopic (exact) mass is 190 g/mol. The van der Waals surface area contributed by atoms with Crippen molar-refractivity contribution in [2.75, 3.05) is 7.05 Å². The second-order valence-corrected chi connectivity index (χ2v) is 2.94. The van der Waals surface area contributed by atoms with Gasteiger partial charge in [-0.2, -0.15) is 0 Å². The molecule has 1 amide bonds. The molecule has 0 aliphatic heterocycles. The lowest BCUT2D eigenvalue weighted by atomic mass is 10.2. The van der Waals surface area contributed by atoms with Gasteiger partial charge in [0.1, 0.15) is 5.82 Å². The number of carbonyl (C=O) groups excluding carboxylic acids is 1. The van der Waals surface area contributed by atoms with Crippen LogP contribution in [0.4, 0.5) is 0 Å². The van der Waals surface area contributed by atoms with Crippen LogP contribution < -0.4 is 5.73 Å². The Balaban J connectivity index is 2.87. The molecule has 0 bridgehead atoms. The van der Waals surface area contributed by atoms with Gasteiger partial charge < -0.3 is 5.73 Å². The maximum Gasteiger partial charge on any atom is 0.259 e. The third-order valence-corrected chi connectivity index (χ3v) is 2.01. The van der Waals surface area contributed by atoms with Gasteiger partial charge in [0.25, 0.3) is 5.91 Å². The van der Waals surface area contributed by atoms with E-state index in [4.69, 9.17) is 5.73 Å². The van der Waals surface area contributed by atoms with Crippen molar-refractivity contribution in [3.8, 4) is 0 Å². The molecular weight excluding hydrogens is 176 g/mol. The maximum absolute atomic E-state index is 11.8. The van der Waals surface area contributed by atoms with Crippen LogP contribution in [0.5, 0.6) is 0 Å². The molecule has 0 heterocycles. The SMILES string of the molecule is CC=C(N)N(C)C(=O)c1ccccc1. The van der Waals surface area contributed by atoms with Crippen LogP contribution in [-0.4, -0.2) is 17.9 Å². The zero-order chi connectivity index (χ0) is 10.6. The van der Waals surface area contributed by atoms with Crippen LogP contribution in [0.15, 0.2) is 42.2 Å². The van der Waals surface area contributed by atoms with Crippen LogP contribution in [0.2, 0.25) is 0 Å². The Morgan fingerprint density at radius 2 is 1.93 bits per heavy atom. The summed E-state index contributed by atoms with van der Waals surface area (Å²) in [5.41, 5.74) is 6.26. The highest BCUT2D eigenvalue weighted by Gasteiger charge is 2.11. The molecule has 0 aliphatic carbocycles. The first kappa shape index (κ1) is 10.3. The van der Waals surface area contributed by atoms with Gasteiger partial charge in [0, 0.05) is 12.6 Å². The molecule has 0 fully saturated rings. The molecule has 74 valence electrons. The summed E-state index contributed by atoms with van der Waals surface area (Å²) in [6.45, 7) is 1.80. The molecule has 1 aromatic rings. The fourth-order valence-electron chi connectivity index (χ4n) is 1.09. The smallest absolute Gasteiger partial charge is 0.259 e. The fourth-order valence-corrected chi connectivity index (χ4v) is 1.09. The summed E-state index contributed by atoms with van der Waals surface area (Å²) in [4.78, 5) is 13.2. The van der Waals surface area contributed by atoms with Gasteiger partial charge in [-0.05, 0) is 25.1 Å². The number of benzene rings is 1. The van der Waals surface area contributed by atoms with E-state index in [9.17, 15) is 4.79 Å². The average molecular weight is 190 g/mol. The van der Waals surface area contributed by atoms with Crippen LogP contribution >= 0.6 is 0 Å². The average Bonchev–Trinajstić information content (AvgIpc) is 2.27. The van der Waals surface area contributed by atoms with Crippen molar-refractivity contribution in [1.82, 2.24) is 4.90 Å². The second kappa shape index (κ2) is 4.46. The maximum atomic E-state index is 11.8. The van der Waals surface area contributed by atoms with Crippen LogP contribution in [0.25, 0.3) is 0 Å². The molecule has 0 atom stereocenters.